The van der Waals surface area contributed by atoms with Gasteiger partial charge in [0.1, 0.15) is 30.0 Å². The lowest BCUT2D eigenvalue weighted by molar-refractivity contribution is -0.192. The second-order valence-electron chi connectivity index (χ2n) is 8.74. The number of pyridine rings is 1. The molecule has 3 aromatic rings. The van der Waals surface area contributed by atoms with E-state index in [4.69, 9.17) is 20.4 Å². The van der Waals surface area contributed by atoms with Gasteiger partial charge in [0, 0.05) is 6.54 Å². The minimum absolute atomic E-state index is 0.0612. The van der Waals surface area contributed by atoms with Gasteiger partial charge in [0.25, 0.3) is 0 Å². The van der Waals surface area contributed by atoms with Gasteiger partial charge in [0.05, 0.1) is 16.8 Å². The number of nitrogens with two attached hydrogens (primary N) is 1. The molecule has 1 aliphatic rings. The van der Waals surface area contributed by atoms with Crippen LogP contribution in [0.15, 0.2) is 48.5 Å². The van der Waals surface area contributed by atoms with Crippen LogP contribution in [-0.4, -0.2) is 40.4 Å². The third kappa shape index (κ3) is 7.14. The fraction of sp³-hybridized carbons (Fsp3) is 0.296. The number of aryl methyl sites for hydroxylation is 1. The second-order valence-corrected chi connectivity index (χ2v) is 8.74. The Bertz CT molecular complexity index is 1330. The molecule has 0 aliphatic carbocycles. The third-order valence-electron chi connectivity index (χ3n) is 5.91. The van der Waals surface area contributed by atoms with Gasteiger partial charge in [-0.3, -0.25) is 0 Å². The van der Waals surface area contributed by atoms with E-state index < -0.39 is 12.1 Å². The summed E-state index contributed by atoms with van der Waals surface area (Å²) in [5, 5.41) is 30.8. The molecule has 1 unspecified atom stereocenters. The van der Waals surface area contributed by atoms with Crippen molar-refractivity contribution in [2.75, 3.05) is 18.8 Å². The first-order valence-corrected chi connectivity index (χ1v) is 11.7. The van der Waals surface area contributed by atoms with E-state index in [2.05, 4.69) is 22.4 Å². The van der Waals surface area contributed by atoms with Crippen LogP contribution in [0.1, 0.15) is 41.0 Å². The first-order valence-electron chi connectivity index (χ1n) is 11.7. The average molecular weight is 529 g/mol. The number of nitriles is 1. The molecular formula is C27H27F3N4O4. The van der Waals surface area contributed by atoms with Crippen molar-refractivity contribution in [3.8, 4) is 28.8 Å². The average Bonchev–Trinajstić information content (AvgIpc) is 2.87. The predicted octanol–water partition coefficient (Wildman–Crippen LogP) is 4.90. The number of benzene rings is 2. The van der Waals surface area contributed by atoms with Gasteiger partial charge in [0.2, 0.25) is 0 Å². The highest BCUT2D eigenvalue weighted by Crippen LogP contribution is 2.40. The minimum Gasteiger partial charge on any atom is -0.507 e. The van der Waals surface area contributed by atoms with E-state index in [-0.39, 0.29) is 17.5 Å². The minimum atomic E-state index is -5.08. The number of rotatable bonds is 5. The van der Waals surface area contributed by atoms with Crippen molar-refractivity contribution in [2.24, 2.45) is 0 Å². The molecule has 11 heteroatoms. The summed E-state index contributed by atoms with van der Waals surface area (Å²) >= 11 is 0. The van der Waals surface area contributed by atoms with Crippen molar-refractivity contribution in [1.82, 2.24) is 10.3 Å². The molecule has 38 heavy (non-hydrogen) atoms. The highest BCUT2D eigenvalue weighted by atomic mass is 19.4. The third-order valence-corrected chi connectivity index (χ3v) is 5.91. The van der Waals surface area contributed by atoms with E-state index in [9.17, 15) is 23.5 Å². The van der Waals surface area contributed by atoms with E-state index in [0.717, 1.165) is 42.6 Å². The van der Waals surface area contributed by atoms with E-state index in [1.807, 2.05) is 37.3 Å². The molecule has 2 heterocycles. The standard InChI is InChI=1S/C25H26N4O2.C2HF3O2/c1-16-5-2-6-17(11-16)15-31-23-9-3-8-22(30)24(23)21-12-19(18-7-4-10-28-14-18)20(13-26)25(27)29-21;3-2(4,5)1(6)7/h2-3,5-6,8-9,11-12,18,28,30H,4,7,10,14-15H2,1H3,(H2,27,29);(H,6,7). The van der Waals surface area contributed by atoms with Gasteiger partial charge in [-0.2, -0.15) is 18.4 Å². The van der Waals surface area contributed by atoms with Crippen molar-refractivity contribution in [2.45, 2.75) is 38.5 Å². The smallest absolute Gasteiger partial charge is 0.490 e. The fourth-order valence-electron chi connectivity index (χ4n) is 4.13. The molecule has 8 nitrogen and oxygen atoms in total. The van der Waals surface area contributed by atoms with Crippen molar-refractivity contribution in [1.29, 1.82) is 5.26 Å². The number of aromatic nitrogens is 1. The van der Waals surface area contributed by atoms with Crippen LogP contribution in [0.3, 0.4) is 0 Å². The molecule has 2 aromatic carbocycles. The summed E-state index contributed by atoms with van der Waals surface area (Å²) in [6.45, 7) is 4.16. The largest absolute Gasteiger partial charge is 0.507 e. The Balaban J connectivity index is 0.000000505. The first-order chi connectivity index (χ1) is 18.0. The number of nitrogens with zero attached hydrogens (tertiary/aromatic N) is 2. The Morgan fingerprint density at radius 3 is 2.58 bits per heavy atom. The lowest BCUT2D eigenvalue weighted by Crippen LogP contribution is -2.29. The number of hydrogen-bond donors (Lipinski definition) is 4. The number of hydrogen-bond acceptors (Lipinski definition) is 7. The van der Waals surface area contributed by atoms with Crippen LogP contribution < -0.4 is 15.8 Å². The molecule has 1 aromatic heterocycles. The highest BCUT2D eigenvalue weighted by Gasteiger charge is 2.38. The normalized spacial score (nSPS) is 15.1. The number of piperidine rings is 1. The van der Waals surface area contributed by atoms with Crippen LogP contribution in [0.2, 0.25) is 0 Å². The zero-order valence-corrected chi connectivity index (χ0v) is 20.5. The van der Waals surface area contributed by atoms with E-state index in [0.29, 0.717) is 29.2 Å². The number of ether oxygens (including phenoxy) is 1. The molecule has 1 fully saturated rings. The number of nitrogen functional groups attached to an aromatic ring is 1. The van der Waals surface area contributed by atoms with Crippen molar-refractivity contribution in [3.05, 3.63) is 70.8 Å². The first kappa shape index (κ1) is 28.3. The van der Waals surface area contributed by atoms with E-state index >= 15 is 0 Å². The highest BCUT2D eigenvalue weighted by molar-refractivity contribution is 5.76. The number of halogens is 3. The Kier molecular flexibility index (Phi) is 9.15. The number of nitrogens with one attached hydrogen (secondary N) is 1. The van der Waals surface area contributed by atoms with Gasteiger partial charge >= 0.3 is 12.1 Å². The topological polar surface area (TPSA) is 141 Å². The second kappa shape index (κ2) is 12.3. The number of aliphatic carboxylic acids is 1. The maximum Gasteiger partial charge on any atom is 0.490 e. The molecule has 0 saturated carbocycles. The predicted molar refractivity (Wildman–Crippen MR) is 135 cm³/mol. The summed E-state index contributed by atoms with van der Waals surface area (Å²) in [6.07, 6.45) is -3.07. The lowest BCUT2D eigenvalue weighted by Gasteiger charge is -2.25. The van der Waals surface area contributed by atoms with Crippen LogP contribution in [0, 0.1) is 18.3 Å². The summed E-state index contributed by atoms with van der Waals surface area (Å²) in [6, 6.07) is 17.3. The van der Waals surface area contributed by atoms with E-state index in [1.165, 1.54) is 0 Å². The van der Waals surface area contributed by atoms with Crippen LogP contribution in [0.4, 0.5) is 19.0 Å². The molecule has 200 valence electrons. The van der Waals surface area contributed by atoms with Gasteiger partial charge in [-0.1, -0.05) is 35.9 Å². The molecule has 0 bridgehead atoms. The zero-order chi connectivity index (χ0) is 27.9. The Morgan fingerprint density at radius 1 is 1.26 bits per heavy atom. The number of carboxylic acids is 1. The molecule has 1 saturated heterocycles. The van der Waals surface area contributed by atoms with Gasteiger partial charge in [-0.25, -0.2) is 9.78 Å². The maximum absolute atomic E-state index is 10.7. The van der Waals surface area contributed by atoms with Crippen LogP contribution in [-0.2, 0) is 11.4 Å². The molecule has 0 amide bonds. The van der Waals surface area contributed by atoms with E-state index in [1.54, 1.807) is 12.1 Å². The van der Waals surface area contributed by atoms with Crippen molar-refractivity contribution < 1.29 is 32.9 Å². The van der Waals surface area contributed by atoms with Crippen molar-refractivity contribution >= 4 is 11.8 Å². The van der Waals surface area contributed by atoms with Gasteiger partial charge in [0.15, 0.2) is 0 Å². The summed E-state index contributed by atoms with van der Waals surface area (Å²) in [7, 11) is 0. The number of anilines is 1. The molecular weight excluding hydrogens is 501 g/mol. The molecule has 5 N–H and O–H groups in total. The Morgan fingerprint density at radius 2 is 1.97 bits per heavy atom. The lowest BCUT2D eigenvalue weighted by atomic mass is 9.88. The maximum atomic E-state index is 10.7. The molecule has 1 atom stereocenters. The Hall–Kier alpha value is -4.30. The monoisotopic (exact) mass is 528 g/mol. The van der Waals surface area contributed by atoms with Crippen LogP contribution >= 0.6 is 0 Å². The van der Waals surface area contributed by atoms with Gasteiger partial charge in [-0.15, -0.1) is 0 Å². The van der Waals surface area contributed by atoms with Gasteiger partial charge in [-0.05, 0) is 61.6 Å². The quantitative estimate of drug-likeness (QED) is 0.367. The SMILES string of the molecule is Cc1cccc(COc2cccc(O)c2-c2cc(C3CCCNC3)c(C#N)c(N)n2)c1.O=C(O)C(F)(F)F. The fourth-order valence-corrected chi connectivity index (χ4v) is 4.13. The van der Waals surface area contributed by atoms with Crippen molar-refractivity contribution in [3.63, 3.8) is 0 Å². The number of phenols is 1. The Labute approximate surface area is 217 Å². The number of phenolic OH excluding ortho intramolecular Hbond substituents is 1. The molecule has 4 rings (SSSR count). The molecule has 0 spiro atoms. The molecule has 1 aliphatic heterocycles. The number of carbonyl (C=O) groups is 1. The zero-order valence-electron chi connectivity index (χ0n) is 20.5. The summed E-state index contributed by atoms with van der Waals surface area (Å²) < 4.78 is 37.8. The molecule has 0 radical (unpaired) electrons. The summed E-state index contributed by atoms with van der Waals surface area (Å²) in [5.74, 6) is -1.83. The number of aromatic hydroxyl groups is 1. The van der Waals surface area contributed by atoms with Crippen LogP contribution in [0.5, 0.6) is 11.5 Å². The summed E-state index contributed by atoms with van der Waals surface area (Å²) in [4.78, 5) is 13.4. The number of alkyl halides is 3. The van der Waals surface area contributed by atoms with Gasteiger partial charge < -0.3 is 26.0 Å². The summed E-state index contributed by atoms with van der Waals surface area (Å²) in [5.41, 5.74) is 10.6. The number of carboxylic acid groups (broad SMARTS) is 1. The van der Waals surface area contributed by atoms with Crippen LogP contribution in [0.25, 0.3) is 11.3 Å².